The highest BCUT2D eigenvalue weighted by molar-refractivity contribution is 7.98. The summed E-state index contributed by atoms with van der Waals surface area (Å²) in [4.78, 5) is 0. The standard InChI is InChI=1S/C20H34OS2/c1-6-8-10-22-14-16-12-17(15-23-11-9-7-2)19(21)18(13-16)20(3,4)5/h12-13,21H,6-11,14-15H2,1-5H3. The normalized spacial score (nSPS) is 11.9. The fourth-order valence-corrected chi connectivity index (χ4v) is 4.51. The number of hydrogen-bond acceptors (Lipinski definition) is 3. The van der Waals surface area contributed by atoms with Crippen LogP contribution in [0.3, 0.4) is 0 Å². The molecule has 0 aliphatic heterocycles. The van der Waals surface area contributed by atoms with Crippen LogP contribution in [0.5, 0.6) is 5.75 Å². The lowest BCUT2D eigenvalue weighted by Crippen LogP contribution is -2.13. The largest absolute Gasteiger partial charge is 0.507 e. The zero-order valence-corrected chi connectivity index (χ0v) is 17.2. The van der Waals surface area contributed by atoms with Gasteiger partial charge in [-0.3, -0.25) is 0 Å². The summed E-state index contributed by atoms with van der Waals surface area (Å²) in [6.07, 6.45) is 5.04. The number of rotatable bonds is 10. The van der Waals surface area contributed by atoms with Crippen molar-refractivity contribution in [3.8, 4) is 5.75 Å². The van der Waals surface area contributed by atoms with Gasteiger partial charge < -0.3 is 5.11 Å². The van der Waals surface area contributed by atoms with Crippen LogP contribution in [0.15, 0.2) is 12.1 Å². The number of unbranched alkanes of at least 4 members (excludes halogenated alkanes) is 2. The van der Waals surface area contributed by atoms with Crippen molar-refractivity contribution in [1.82, 2.24) is 0 Å². The molecule has 0 unspecified atom stereocenters. The Hall–Kier alpha value is -0.280. The van der Waals surface area contributed by atoms with Crippen LogP contribution < -0.4 is 0 Å². The van der Waals surface area contributed by atoms with Crippen LogP contribution in [0, 0.1) is 0 Å². The van der Waals surface area contributed by atoms with Crippen molar-refractivity contribution in [3.63, 3.8) is 0 Å². The van der Waals surface area contributed by atoms with Gasteiger partial charge in [0, 0.05) is 17.1 Å². The molecule has 0 heterocycles. The number of phenols is 1. The average Bonchev–Trinajstić information content (AvgIpc) is 2.49. The van der Waals surface area contributed by atoms with E-state index in [0.717, 1.165) is 22.6 Å². The first kappa shape index (κ1) is 20.8. The molecule has 3 heteroatoms. The molecule has 0 amide bonds. The summed E-state index contributed by atoms with van der Waals surface area (Å²) < 4.78 is 0. The van der Waals surface area contributed by atoms with Gasteiger partial charge in [0.25, 0.3) is 0 Å². The van der Waals surface area contributed by atoms with E-state index < -0.39 is 0 Å². The first-order chi connectivity index (χ1) is 10.9. The lowest BCUT2D eigenvalue weighted by molar-refractivity contribution is 0.442. The summed E-state index contributed by atoms with van der Waals surface area (Å²) in [7, 11) is 0. The molecule has 132 valence electrons. The van der Waals surface area contributed by atoms with Gasteiger partial charge in [-0.15, -0.1) is 0 Å². The molecule has 0 radical (unpaired) electrons. The summed E-state index contributed by atoms with van der Waals surface area (Å²) in [5.74, 6) is 4.89. The minimum Gasteiger partial charge on any atom is -0.507 e. The second-order valence-electron chi connectivity index (χ2n) is 7.21. The second kappa shape index (κ2) is 10.6. The molecule has 0 atom stereocenters. The Morgan fingerprint density at radius 3 is 2.00 bits per heavy atom. The van der Waals surface area contributed by atoms with Crippen LogP contribution in [-0.2, 0) is 16.9 Å². The summed E-state index contributed by atoms with van der Waals surface area (Å²) in [6, 6.07) is 4.44. The molecular formula is C20H34OS2. The van der Waals surface area contributed by atoms with Crippen LogP contribution in [0.4, 0.5) is 0 Å². The van der Waals surface area contributed by atoms with Gasteiger partial charge in [-0.1, -0.05) is 59.6 Å². The molecule has 1 nitrogen and oxygen atoms in total. The van der Waals surface area contributed by atoms with Crippen molar-refractivity contribution >= 4 is 23.5 Å². The molecule has 1 aromatic rings. The Morgan fingerprint density at radius 2 is 1.48 bits per heavy atom. The van der Waals surface area contributed by atoms with Crippen molar-refractivity contribution in [3.05, 3.63) is 28.8 Å². The molecular weight excluding hydrogens is 320 g/mol. The van der Waals surface area contributed by atoms with Crippen molar-refractivity contribution in [2.24, 2.45) is 0 Å². The van der Waals surface area contributed by atoms with E-state index in [-0.39, 0.29) is 5.41 Å². The van der Waals surface area contributed by atoms with Crippen LogP contribution in [0.1, 0.15) is 77.0 Å². The third-order valence-corrected chi connectivity index (χ3v) is 6.07. The maximum atomic E-state index is 10.7. The Balaban J connectivity index is 2.88. The van der Waals surface area contributed by atoms with E-state index in [1.165, 1.54) is 42.8 Å². The SMILES string of the molecule is CCCCSCc1cc(CSCCCC)c(O)c(C(C)(C)C)c1. The third-order valence-electron chi connectivity index (χ3n) is 3.87. The number of phenolic OH excluding ortho intramolecular Hbond substituents is 1. The predicted molar refractivity (Wildman–Crippen MR) is 109 cm³/mol. The summed E-state index contributed by atoms with van der Waals surface area (Å²) in [5.41, 5.74) is 3.55. The summed E-state index contributed by atoms with van der Waals surface area (Å²) in [6.45, 7) is 11.0. The quantitative estimate of drug-likeness (QED) is 0.469. The van der Waals surface area contributed by atoms with Gasteiger partial charge in [0.15, 0.2) is 0 Å². The molecule has 0 aliphatic rings. The average molecular weight is 355 g/mol. The molecule has 0 saturated heterocycles. The van der Waals surface area contributed by atoms with Gasteiger partial charge in [0.1, 0.15) is 5.75 Å². The highest BCUT2D eigenvalue weighted by atomic mass is 32.2. The molecule has 0 spiro atoms. The number of aromatic hydroxyl groups is 1. The molecule has 1 rings (SSSR count). The first-order valence-electron chi connectivity index (χ1n) is 8.90. The molecule has 0 bridgehead atoms. The van der Waals surface area contributed by atoms with E-state index in [0.29, 0.717) is 5.75 Å². The van der Waals surface area contributed by atoms with Crippen LogP contribution in [-0.4, -0.2) is 16.6 Å². The van der Waals surface area contributed by atoms with E-state index in [4.69, 9.17) is 0 Å². The maximum Gasteiger partial charge on any atom is 0.123 e. The van der Waals surface area contributed by atoms with Gasteiger partial charge in [-0.2, -0.15) is 23.5 Å². The van der Waals surface area contributed by atoms with Crippen LogP contribution in [0.25, 0.3) is 0 Å². The van der Waals surface area contributed by atoms with Gasteiger partial charge >= 0.3 is 0 Å². The zero-order chi connectivity index (χ0) is 17.3. The van der Waals surface area contributed by atoms with E-state index in [9.17, 15) is 5.11 Å². The predicted octanol–water partition coefficient (Wildman–Crippen LogP) is 6.76. The minimum atomic E-state index is -0.0169. The molecule has 0 aromatic heterocycles. The first-order valence-corrected chi connectivity index (χ1v) is 11.2. The highest BCUT2D eigenvalue weighted by Crippen LogP contribution is 2.37. The van der Waals surface area contributed by atoms with Gasteiger partial charge in [-0.05, 0) is 40.9 Å². The van der Waals surface area contributed by atoms with Gasteiger partial charge in [0.05, 0.1) is 0 Å². The molecule has 23 heavy (non-hydrogen) atoms. The Morgan fingerprint density at radius 1 is 0.913 bits per heavy atom. The lowest BCUT2D eigenvalue weighted by Gasteiger charge is -2.23. The van der Waals surface area contributed by atoms with Crippen molar-refractivity contribution in [1.29, 1.82) is 0 Å². The minimum absolute atomic E-state index is 0.0169. The Bertz CT molecular complexity index is 463. The van der Waals surface area contributed by atoms with Gasteiger partial charge in [-0.25, -0.2) is 0 Å². The van der Waals surface area contributed by atoms with E-state index in [2.05, 4.69) is 46.8 Å². The highest BCUT2D eigenvalue weighted by Gasteiger charge is 2.21. The molecule has 0 saturated carbocycles. The zero-order valence-electron chi connectivity index (χ0n) is 15.6. The van der Waals surface area contributed by atoms with Crippen molar-refractivity contribution < 1.29 is 5.11 Å². The smallest absolute Gasteiger partial charge is 0.123 e. The van der Waals surface area contributed by atoms with E-state index in [1.807, 2.05) is 23.5 Å². The summed E-state index contributed by atoms with van der Waals surface area (Å²) in [5, 5.41) is 10.7. The number of hydrogen-bond donors (Lipinski definition) is 1. The van der Waals surface area contributed by atoms with Crippen LogP contribution >= 0.6 is 23.5 Å². The maximum absolute atomic E-state index is 10.7. The second-order valence-corrected chi connectivity index (χ2v) is 9.42. The fourth-order valence-electron chi connectivity index (χ4n) is 2.39. The lowest BCUT2D eigenvalue weighted by atomic mass is 9.84. The molecule has 0 fully saturated rings. The Labute approximate surface area is 152 Å². The fraction of sp³-hybridized carbons (Fsp3) is 0.700. The molecule has 1 aromatic carbocycles. The number of benzene rings is 1. The van der Waals surface area contributed by atoms with E-state index >= 15 is 0 Å². The molecule has 1 N–H and O–H groups in total. The van der Waals surface area contributed by atoms with E-state index in [1.54, 1.807) is 0 Å². The van der Waals surface area contributed by atoms with Gasteiger partial charge in [0.2, 0.25) is 0 Å². The summed E-state index contributed by atoms with van der Waals surface area (Å²) >= 11 is 3.95. The van der Waals surface area contributed by atoms with Crippen LogP contribution in [0.2, 0.25) is 0 Å². The topological polar surface area (TPSA) is 20.2 Å². The van der Waals surface area contributed by atoms with Crippen molar-refractivity contribution in [2.75, 3.05) is 11.5 Å². The van der Waals surface area contributed by atoms with Crippen molar-refractivity contribution in [2.45, 2.75) is 77.2 Å². The third kappa shape index (κ3) is 7.43. The molecule has 0 aliphatic carbocycles. The number of thioether (sulfide) groups is 2. The Kier molecular flexibility index (Phi) is 9.53. The monoisotopic (exact) mass is 354 g/mol.